The lowest BCUT2D eigenvalue weighted by atomic mass is 10.2. The number of methoxy groups -OCH3 is 1. The predicted octanol–water partition coefficient (Wildman–Crippen LogP) is 1.59. The van der Waals surface area contributed by atoms with Gasteiger partial charge in [-0.1, -0.05) is 6.92 Å². The van der Waals surface area contributed by atoms with Crippen molar-refractivity contribution in [2.45, 2.75) is 25.8 Å². The topological polar surface area (TPSA) is 54.6 Å². The number of nitrogen functional groups attached to an aromatic ring is 1. The minimum absolute atomic E-state index is 0.503. The summed E-state index contributed by atoms with van der Waals surface area (Å²) in [5, 5.41) is 0. The SMILES string of the molecule is CCN1CCCC1CN(C)c1ccc(N)c(OC)n1. The minimum Gasteiger partial charge on any atom is -0.479 e. The number of anilines is 2. The van der Waals surface area contributed by atoms with Gasteiger partial charge in [0.25, 0.3) is 0 Å². The van der Waals surface area contributed by atoms with E-state index in [0.717, 1.165) is 18.9 Å². The molecular weight excluding hydrogens is 240 g/mol. The van der Waals surface area contributed by atoms with E-state index in [-0.39, 0.29) is 0 Å². The molecule has 1 unspecified atom stereocenters. The highest BCUT2D eigenvalue weighted by molar-refractivity contribution is 5.54. The van der Waals surface area contributed by atoms with Gasteiger partial charge in [-0.25, -0.2) is 0 Å². The Labute approximate surface area is 115 Å². The summed E-state index contributed by atoms with van der Waals surface area (Å²) in [7, 11) is 3.67. The molecule has 2 rings (SSSR count). The maximum absolute atomic E-state index is 5.79. The van der Waals surface area contributed by atoms with Gasteiger partial charge >= 0.3 is 0 Å². The van der Waals surface area contributed by atoms with Crippen LogP contribution in [0.5, 0.6) is 5.88 Å². The van der Waals surface area contributed by atoms with Gasteiger partial charge in [-0.2, -0.15) is 4.98 Å². The highest BCUT2D eigenvalue weighted by atomic mass is 16.5. The molecule has 0 amide bonds. The highest BCUT2D eigenvalue weighted by Gasteiger charge is 2.24. The summed E-state index contributed by atoms with van der Waals surface area (Å²) in [6, 6.07) is 4.42. The molecule has 0 aromatic carbocycles. The summed E-state index contributed by atoms with van der Waals surface area (Å²) in [6.07, 6.45) is 2.56. The van der Waals surface area contributed by atoms with Crippen LogP contribution < -0.4 is 15.4 Å². The van der Waals surface area contributed by atoms with Crippen LogP contribution in [0.2, 0.25) is 0 Å². The normalized spacial score (nSPS) is 19.6. The van der Waals surface area contributed by atoms with Crippen molar-refractivity contribution in [3.05, 3.63) is 12.1 Å². The van der Waals surface area contributed by atoms with Crippen LogP contribution >= 0.6 is 0 Å². The third-order valence-corrected chi connectivity index (χ3v) is 3.85. The van der Waals surface area contributed by atoms with Crippen LogP contribution in [0.25, 0.3) is 0 Å². The van der Waals surface area contributed by atoms with Gasteiger partial charge in [0.2, 0.25) is 5.88 Å². The summed E-state index contributed by atoms with van der Waals surface area (Å²) in [6.45, 7) is 5.56. The molecule has 5 heteroatoms. The third kappa shape index (κ3) is 3.10. The van der Waals surface area contributed by atoms with E-state index >= 15 is 0 Å². The number of rotatable bonds is 5. The van der Waals surface area contributed by atoms with Crippen LogP contribution in [0.1, 0.15) is 19.8 Å². The first-order valence-corrected chi connectivity index (χ1v) is 6.91. The van der Waals surface area contributed by atoms with Crippen LogP contribution in [0.15, 0.2) is 12.1 Å². The van der Waals surface area contributed by atoms with Gasteiger partial charge < -0.3 is 15.4 Å². The van der Waals surface area contributed by atoms with Crippen molar-refractivity contribution in [3.8, 4) is 5.88 Å². The number of likely N-dealkylation sites (N-methyl/N-ethyl adjacent to an activating group) is 2. The second-order valence-corrected chi connectivity index (χ2v) is 5.07. The van der Waals surface area contributed by atoms with Gasteiger partial charge in [0.1, 0.15) is 5.82 Å². The molecule has 1 fully saturated rings. The van der Waals surface area contributed by atoms with Gasteiger partial charge in [0.15, 0.2) is 0 Å². The largest absolute Gasteiger partial charge is 0.479 e. The van der Waals surface area contributed by atoms with Crippen molar-refractivity contribution < 1.29 is 4.74 Å². The number of likely N-dealkylation sites (tertiary alicyclic amines) is 1. The zero-order valence-corrected chi connectivity index (χ0v) is 12.1. The molecule has 0 spiro atoms. The molecule has 106 valence electrons. The Hall–Kier alpha value is -1.49. The summed E-state index contributed by atoms with van der Waals surface area (Å²) in [5.74, 6) is 1.41. The van der Waals surface area contributed by atoms with E-state index in [4.69, 9.17) is 10.5 Å². The molecule has 1 saturated heterocycles. The lowest BCUT2D eigenvalue weighted by Crippen LogP contribution is -2.39. The molecule has 0 aliphatic carbocycles. The standard InChI is InChI=1S/C14H24N4O/c1-4-18-9-5-6-11(18)10-17(2)13-8-7-12(15)14(16-13)19-3/h7-8,11H,4-6,9-10,15H2,1-3H3. The molecule has 19 heavy (non-hydrogen) atoms. The van der Waals surface area contributed by atoms with Gasteiger partial charge in [-0.3, -0.25) is 4.90 Å². The first kappa shape index (κ1) is 13.9. The monoisotopic (exact) mass is 264 g/mol. The Balaban J connectivity index is 2.05. The molecule has 0 bridgehead atoms. The maximum Gasteiger partial charge on any atom is 0.238 e. The lowest BCUT2D eigenvalue weighted by Gasteiger charge is -2.28. The number of hydrogen-bond acceptors (Lipinski definition) is 5. The molecule has 5 nitrogen and oxygen atoms in total. The molecular formula is C14H24N4O. The van der Waals surface area contributed by atoms with Gasteiger partial charge in [0, 0.05) is 19.6 Å². The van der Waals surface area contributed by atoms with Crippen LogP contribution in [-0.4, -0.2) is 49.7 Å². The Bertz CT molecular complexity index is 424. The molecule has 2 N–H and O–H groups in total. The molecule has 1 aromatic rings. The summed E-state index contributed by atoms with van der Waals surface area (Å²) < 4.78 is 5.17. The fraction of sp³-hybridized carbons (Fsp3) is 0.643. The van der Waals surface area contributed by atoms with E-state index in [1.165, 1.54) is 19.4 Å². The second kappa shape index (κ2) is 6.10. The van der Waals surface area contributed by atoms with Crippen LogP contribution in [0.3, 0.4) is 0 Å². The molecule has 1 aromatic heterocycles. The third-order valence-electron chi connectivity index (χ3n) is 3.85. The van der Waals surface area contributed by atoms with Crippen molar-refractivity contribution in [1.29, 1.82) is 0 Å². The Morgan fingerprint density at radius 2 is 2.32 bits per heavy atom. The maximum atomic E-state index is 5.79. The van der Waals surface area contributed by atoms with Gasteiger partial charge in [-0.05, 0) is 38.1 Å². The number of aromatic nitrogens is 1. The van der Waals surface area contributed by atoms with Crippen molar-refractivity contribution in [3.63, 3.8) is 0 Å². The van der Waals surface area contributed by atoms with Crippen LogP contribution in [0, 0.1) is 0 Å². The Morgan fingerprint density at radius 1 is 1.53 bits per heavy atom. The zero-order chi connectivity index (χ0) is 13.8. The molecule has 1 aliphatic heterocycles. The lowest BCUT2D eigenvalue weighted by molar-refractivity contribution is 0.270. The van der Waals surface area contributed by atoms with Crippen LogP contribution in [0.4, 0.5) is 11.5 Å². The Morgan fingerprint density at radius 3 is 3.00 bits per heavy atom. The van der Waals surface area contributed by atoms with E-state index in [1.807, 2.05) is 12.1 Å². The number of hydrogen-bond donors (Lipinski definition) is 1. The van der Waals surface area contributed by atoms with E-state index in [0.29, 0.717) is 17.6 Å². The van der Waals surface area contributed by atoms with Crippen molar-refractivity contribution in [2.24, 2.45) is 0 Å². The summed E-state index contributed by atoms with van der Waals surface area (Å²) in [5.41, 5.74) is 6.37. The molecule has 0 radical (unpaired) electrons. The van der Waals surface area contributed by atoms with Crippen molar-refractivity contribution in [2.75, 3.05) is 44.4 Å². The average Bonchev–Trinajstić information content (AvgIpc) is 2.86. The molecule has 0 saturated carbocycles. The highest BCUT2D eigenvalue weighted by Crippen LogP contribution is 2.24. The smallest absolute Gasteiger partial charge is 0.238 e. The Kier molecular flexibility index (Phi) is 4.47. The number of pyridine rings is 1. The van der Waals surface area contributed by atoms with Crippen molar-refractivity contribution >= 4 is 11.5 Å². The van der Waals surface area contributed by atoms with E-state index in [9.17, 15) is 0 Å². The molecule has 1 atom stereocenters. The number of nitrogens with zero attached hydrogens (tertiary/aromatic N) is 3. The zero-order valence-electron chi connectivity index (χ0n) is 12.1. The van der Waals surface area contributed by atoms with E-state index in [1.54, 1.807) is 7.11 Å². The fourth-order valence-electron chi connectivity index (χ4n) is 2.75. The van der Waals surface area contributed by atoms with E-state index in [2.05, 4.69) is 28.8 Å². The van der Waals surface area contributed by atoms with E-state index < -0.39 is 0 Å². The van der Waals surface area contributed by atoms with Gasteiger partial charge in [-0.15, -0.1) is 0 Å². The molecule has 1 aliphatic rings. The predicted molar refractivity (Wildman–Crippen MR) is 78.7 cm³/mol. The second-order valence-electron chi connectivity index (χ2n) is 5.07. The first-order chi connectivity index (χ1) is 9.15. The number of nitrogens with two attached hydrogens (primary N) is 1. The van der Waals surface area contributed by atoms with Gasteiger partial charge in [0.05, 0.1) is 12.8 Å². The average molecular weight is 264 g/mol. The molecule has 2 heterocycles. The van der Waals surface area contributed by atoms with Crippen molar-refractivity contribution in [1.82, 2.24) is 9.88 Å². The summed E-state index contributed by atoms with van der Waals surface area (Å²) in [4.78, 5) is 9.16. The first-order valence-electron chi connectivity index (χ1n) is 6.91. The quantitative estimate of drug-likeness (QED) is 0.875. The fourth-order valence-corrected chi connectivity index (χ4v) is 2.75. The van der Waals surface area contributed by atoms with Crippen LogP contribution in [-0.2, 0) is 0 Å². The minimum atomic E-state index is 0.503. The number of ether oxygens (including phenoxy) is 1. The summed E-state index contributed by atoms with van der Waals surface area (Å²) >= 11 is 0.